The fraction of sp³-hybridized carbons (Fsp3) is 0.458. The number of benzene rings is 2. The SMILES string of the molecule is CC(C)O.O=C(CCCN1CCC(O)(c2ccc(Cl)cc2)CC1)c1ccc(F)cc1. The van der Waals surface area contributed by atoms with Gasteiger partial charge >= 0.3 is 0 Å². The monoisotopic (exact) mass is 435 g/mol. The van der Waals surface area contributed by atoms with Crippen molar-refractivity contribution in [2.45, 2.75) is 51.2 Å². The van der Waals surface area contributed by atoms with Gasteiger partial charge in [-0.05, 0) is 81.6 Å². The molecular formula is C24H31ClFNO3. The third-order valence-electron chi connectivity index (χ3n) is 5.11. The molecule has 0 aromatic heterocycles. The average molecular weight is 436 g/mol. The second-order valence-electron chi connectivity index (χ2n) is 8.01. The quantitative estimate of drug-likeness (QED) is 0.639. The Balaban J connectivity index is 0.000000735. The molecule has 0 spiro atoms. The van der Waals surface area contributed by atoms with Gasteiger partial charge in [0.1, 0.15) is 5.82 Å². The second kappa shape index (κ2) is 11.6. The van der Waals surface area contributed by atoms with Gasteiger partial charge in [0.25, 0.3) is 0 Å². The Hall–Kier alpha value is -1.79. The van der Waals surface area contributed by atoms with Crippen LogP contribution in [0.5, 0.6) is 0 Å². The van der Waals surface area contributed by atoms with Crippen LogP contribution in [-0.2, 0) is 5.60 Å². The van der Waals surface area contributed by atoms with E-state index < -0.39 is 5.60 Å². The van der Waals surface area contributed by atoms with Crippen LogP contribution >= 0.6 is 11.6 Å². The number of carbonyl (C=O) groups excluding carboxylic acids is 1. The Labute approximate surface area is 183 Å². The van der Waals surface area contributed by atoms with Crippen molar-refractivity contribution in [1.29, 1.82) is 0 Å². The molecular weight excluding hydrogens is 405 g/mol. The molecule has 164 valence electrons. The molecule has 0 amide bonds. The van der Waals surface area contributed by atoms with Crippen molar-refractivity contribution in [1.82, 2.24) is 4.90 Å². The Morgan fingerprint density at radius 3 is 2.17 bits per heavy atom. The lowest BCUT2D eigenvalue weighted by molar-refractivity contribution is -0.0260. The van der Waals surface area contributed by atoms with Gasteiger partial charge in [-0.1, -0.05) is 23.7 Å². The molecule has 4 nitrogen and oxygen atoms in total. The van der Waals surface area contributed by atoms with Gasteiger partial charge in [0.15, 0.2) is 5.78 Å². The van der Waals surface area contributed by atoms with Crippen LogP contribution < -0.4 is 0 Å². The number of halogens is 2. The molecule has 30 heavy (non-hydrogen) atoms. The van der Waals surface area contributed by atoms with Crippen LogP contribution in [0.1, 0.15) is 55.5 Å². The fourth-order valence-electron chi connectivity index (χ4n) is 3.44. The fourth-order valence-corrected chi connectivity index (χ4v) is 3.56. The summed E-state index contributed by atoms with van der Waals surface area (Å²) in [5, 5.41) is 19.6. The number of aliphatic hydroxyl groups excluding tert-OH is 1. The number of hydrogen-bond donors (Lipinski definition) is 2. The molecule has 1 heterocycles. The first-order valence-corrected chi connectivity index (χ1v) is 10.7. The third-order valence-corrected chi connectivity index (χ3v) is 5.36. The Morgan fingerprint density at radius 1 is 1.10 bits per heavy atom. The van der Waals surface area contributed by atoms with Crippen molar-refractivity contribution in [3.05, 3.63) is 70.5 Å². The van der Waals surface area contributed by atoms with Crippen LogP contribution in [0.2, 0.25) is 5.02 Å². The summed E-state index contributed by atoms with van der Waals surface area (Å²) in [4.78, 5) is 14.4. The van der Waals surface area contributed by atoms with E-state index in [-0.39, 0.29) is 17.7 Å². The van der Waals surface area contributed by atoms with E-state index in [4.69, 9.17) is 16.7 Å². The van der Waals surface area contributed by atoms with Crippen molar-refractivity contribution >= 4 is 17.4 Å². The predicted octanol–water partition coefficient (Wildman–Crippen LogP) is 4.81. The van der Waals surface area contributed by atoms with E-state index >= 15 is 0 Å². The van der Waals surface area contributed by atoms with Crippen LogP contribution in [0.15, 0.2) is 48.5 Å². The molecule has 2 aromatic rings. The summed E-state index contributed by atoms with van der Waals surface area (Å²) < 4.78 is 12.9. The van der Waals surface area contributed by atoms with E-state index in [9.17, 15) is 14.3 Å². The van der Waals surface area contributed by atoms with Gasteiger partial charge in [0.2, 0.25) is 0 Å². The summed E-state index contributed by atoms with van der Waals surface area (Å²) in [7, 11) is 0. The molecule has 0 bridgehead atoms. The van der Waals surface area contributed by atoms with E-state index in [1.165, 1.54) is 24.3 Å². The highest BCUT2D eigenvalue weighted by Crippen LogP contribution is 2.33. The average Bonchev–Trinajstić information content (AvgIpc) is 2.70. The third kappa shape index (κ3) is 7.80. The molecule has 0 radical (unpaired) electrons. The number of carbonyl (C=O) groups is 1. The van der Waals surface area contributed by atoms with Gasteiger partial charge in [0, 0.05) is 36.2 Å². The minimum Gasteiger partial charge on any atom is -0.394 e. The maximum absolute atomic E-state index is 12.9. The molecule has 2 N–H and O–H groups in total. The topological polar surface area (TPSA) is 60.8 Å². The minimum absolute atomic E-state index is 0.0414. The van der Waals surface area contributed by atoms with Crippen molar-refractivity contribution in [3.63, 3.8) is 0 Å². The van der Waals surface area contributed by atoms with E-state index in [0.717, 1.165) is 31.6 Å². The summed E-state index contributed by atoms with van der Waals surface area (Å²) in [6.45, 7) is 5.86. The number of rotatable bonds is 6. The number of ketones is 1. The molecule has 3 rings (SSSR count). The number of hydrogen-bond acceptors (Lipinski definition) is 4. The number of Topliss-reactive ketones (excluding diaryl/α,β-unsaturated/α-hetero) is 1. The summed E-state index contributed by atoms with van der Waals surface area (Å²) in [6, 6.07) is 13.1. The Morgan fingerprint density at radius 2 is 1.63 bits per heavy atom. The van der Waals surface area contributed by atoms with Crippen LogP contribution in [0.4, 0.5) is 4.39 Å². The summed E-state index contributed by atoms with van der Waals surface area (Å²) in [6.07, 6.45) is 2.38. The second-order valence-corrected chi connectivity index (χ2v) is 8.44. The van der Waals surface area contributed by atoms with Gasteiger partial charge < -0.3 is 15.1 Å². The normalized spacial score (nSPS) is 16.1. The van der Waals surface area contributed by atoms with Gasteiger partial charge in [-0.15, -0.1) is 0 Å². The molecule has 0 unspecified atom stereocenters. The Kier molecular flexibility index (Phi) is 9.43. The first kappa shape index (κ1) is 24.5. The van der Waals surface area contributed by atoms with Crippen molar-refractivity contribution in [2.24, 2.45) is 0 Å². The molecule has 2 aromatic carbocycles. The Bertz CT molecular complexity index is 782. The highest BCUT2D eigenvalue weighted by Gasteiger charge is 2.33. The first-order valence-electron chi connectivity index (χ1n) is 10.4. The smallest absolute Gasteiger partial charge is 0.162 e. The van der Waals surface area contributed by atoms with Crippen molar-refractivity contribution in [2.75, 3.05) is 19.6 Å². The van der Waals surface area contributed by atoms with E-state index in [1.54, 1.807) is 13.8 Å². The van der Waals surface area contributed by atoms with E-state index in [2.05, 4.69) is 4.90 Å². The summed E-state index contributed by atoms with van der Waals surface area (Å²) in [5.41, 5.74) is 0.667. The zero-order chi connectivity index (χ0) is 22.1. The number of nitrogens with zero attached hydrogens (tertiary/aromatic N) is 1. The molecule has 1 aliphatic rings. The van der Waals surface area contributed by atoms with Crippen LogP contribution in [0.25, 0.3) is 0 Å². The van der Waals surface area contributed by atoms with Gasteiger partial charge in [0.05, 0.1) is 5.60 Å². The number of likely N-dealkylation sites (tertiary alicyclic amines) is 1. The maximum atomic E-state index is 12.9. The molecule has 0 aliphatic carbocycles. The molecule has 1 aliphatic heterocycles. The largest absolute Gasteiger partial charge is 0.394 e. The van der Waals surface area contributed by atoms with E-state index in [1.807, 2.05) is 24.3 Å². The lowest BCUT2D eigenvalue weighted by atomic mass is 9.84. The number of aliphatic hydroxyl groups is 2. The molecule has 1 saturated heterocycles. The molecule has 1 fully saturated rings. The minimum atomic E-state index is -0.801. The highest BCUT2D eigenvalue weighted by molar-refractivity contribution is 6.30. The van der Waals surface area contributed by atoms with Crippen LogP contribution in [-0.4, -0.2) is 46.6 Å². The van der Waals surface area contributed by atoms with Crippen molar-refractivity contribution in [3.8, 4) is 0 Å². The first-order chi connectivity index (χ1) is 14.2. The van der Waals surface area contributed by atoms with Crippen LogP contribution in [0, 0.1) is 5.82 Å². The molecule has 6 heteroatoms. The van der Waals surface area contributed by atoms with Crippen LogP contribution in [0.3, 0.4) is 0 Å². The summed E-state index contributed by atoms with van der Waals surface area (Å²) >= 11 is 5.92. The molecule has 0 saturated carbocycles. The number of piperidine rings is 1. The summed E-state index contributed by atoms with van der Waals surface area (Å²) in [5.74, 6) is -0.289. The van der Waals surface area contributed by atoms with Gasteiger partial charge in [-0.3, -0.25) is 4.79 Å². The zero-order valence-electron chi connectivity index (χ0n) is 17.7. The molecule has 0 atom stereocenters. The standard InChI is InChI=1S/C21H23ClFNO2.C3H8O/c22-18-7-5-17(6-8-18)21(26)11-14-24(15-12-21)13-1-2-20(25)16-3-9-19(23)10-4-16;1-3(2)4/h3-10,26H,1-2,11-15H2;3-4H,1-2H3. The lowest BCUT2D eigenvalue weighted by Crippen LogP contribution is -2.42. The zero-order valence-corrected chi connectivity index (χ0v) is 18.4. The van der Waals surface area contributed by atoms with Crippen molar-refractivity contribution < 1.29 is 19.4 Å². The highest BCUT2D eigenvalue weighted by atomic mass is 35.5. The van der Waals surface area contributed by atoms with E-state index in [0.29, 0.717) is 29.8 Å². The van der Waals surface area contributed by atoms with Gasteiger partial charge in [-0.25, -0.2) is 4.39 Å². The predicted molar refractivity (Wildman–Crippen MR) is 118 cm³/mol. The maximum Gasteiger partial charge on any atom is 0.162 e. The van der Waals surface area contributed by atoms with Gasteiger partial charge in [-0.2, -0.15) is 0 Å². The lowest BCUT2D eigenvalue weighted by Gasteiger charge is -2.38.